The summed E-state index contributed by atoms with van der Waals surface area (Å²) in [5.74, 6) is -0.0644. The highest BCUT2D eigenvalue weighted by Gasteiger charge is 2.71. The Morgan fingerprint density at radius 2 is 2.15 bits per heavy atom. The summed E-state index contributed by atoms with van der Waals surface area (Å²) in [7, 11) is 1.55. The first-order valence-electron chi connectivity index (χ1n) is 4.58. The van der Waals surface area contributed by atoms with Crippen LogP contribution in [0.4, 0.5) is 0 Å². The monoisotopic (exact) mass is 185 g/mol. The van der Waals surface area contributed by atoms with Crippen LogP contribution in [-0.4, -0.2) is 34.9 Å². The minimum Gasteiger partial charge on any atom is -0.389 e. The van der Waals surface area contributed by atoms with Gasteiger partial charge in [-0.25, -0.2) is 0 Å². The third-order valence-corrected chi connectivity index (χ3v) is 3.61. The van der Waals surface area contributed by atoms with Crippen LogP contribution in [-0.2, 0) is 4.79 Å². The van der Waals surface area contributed by atoms with Crippen LogP contribution in [0.15, 0.2) is 0 Å². The minimum atomic E-state index is -0.971. The molecule has 0 heterocycles. The van der Waals surface area contributed by atoms with Crippen molar-refractivity contribution in [2.45, 2.75) is 31.5 Å². The van der Waals surface area contributed by atoms with Gasteiger partial charge < -0.3 is 15.5 Å². The number of carbonyl (C=O) groups is 1. The maximum Gasteiger partial charge on any atom is 0.228 e. The van der Waals surface area contributed by atoms with E-state index in [1.165, 1.54) is 0 Å². The van der Waals surface area contributed by atoms with Gasteiger partial charge in [-0.1, -0.05) is 0 Å². The summed E-state index contributed by atoms with van der Waals surface area (Å²) in [6.45, 7) is 1.71. The summed E-state index contributed by atoms with van der Waals surface area (Å²) in [6, 6.07) is 0. The SMILES string of the molecule is CNC(=O)[C@@]1(C)C[C@H]2C[C@@]2(O)[C@@H]1O. The first-order valence-corrected chi connectivity index (χ1v) is 4.58. The second kappa shape index (κ2) is 2.25. The van der Waals surface area contributed by atoms with E-state index in [4.69, 9.17) is 0 Å². The molecule has 0 saturated heterocycles. The molecule has 0 spiro atoms. The molecule has 4 atom stereocenters. The molecule has 2 saturated carbocycles. The van der Waals surface area contributed by atoms with Crippen LogP contribution < -0.4 is 5.32 Å². The molecule has 0 aromatic carbocycles. The lowest BCUT2D eigenvalue weighted by Gasteiger charge is -2.30. The largest absolute Gasteiger partial charge is 0.389 e. The Bertz CT molecular complexity index is 268. The fraction of sp³-hybridized carbons (Fsp3) is 0.889. The van der Waals surface area contributed by atoms with Crippen molar-refractivity contribution >= 4 is 5.91 Å². The van der Waals surface area contributed by atoms with E-state index in [1.54, 1.807) is 14.0 Å². The highest BCUT2D eigenvalue weighted by molar-refractivity contribution is 5.83. The number of nitrogens with one attached hydrogen (secondary N) is 1. The average molecular weight is 185 g/mol. The zero-order chi connectivity index (χ0) is 9.85. The number of fused-ring (bicyclic) bond motifs is 1. The Kier molecular flexibility index (Phi) is 1.55. The predicted octanol–water partition coefficient (Wildman–Crippen LogP) is -0.746. The summed E-state index contributed by atoms with van der Waals surface area (Å²) in [5.41, 5.74) is -1.77. The maximum absolute atomic E-state index is 11.5. The van der Waals surface area contributed by atoms with Crippen molar-refractivity contribution in [1.82, 2.24) is 5.32 Å². The summed E-state index contributed by atoms with van der Waals surface area (Å²) in [4.78, 5) is 11.5. The predicted molar refractivity (Wildman–Crippen MR) is 45.9 cm³/mol. The zero-order valence-electron chi connectivity index (χ0n) is 7.87. The van der Waals surface area contributed by atoms with Crippen molar-refractivity contribution < 1.29 is 15.0 Å². The molecule has 2 fully saturated rings. The van der Waals surface area contributed by atoms with Crippen LogP contribution >= 0.6 is 0 Å². The summed E-state index contributed by atoms with van der Waals surface area (Å²) >= 11 is 0. The Hall–Kier alpha value is -0.610. The molecule has 0 aromatic rings. The van der Waals surface area contributed by atoms with Gasteiger partial charge in [0.15, 0.2) is 0 Å². The average Bonchev–Trinajstić information content (AvgIpc) is 2.69. The van der Waals surface area contributed by atoms with Gasteiger partial charge in [0.25, 0.3) is 0 Å². The van der Waals surface area contributed by atoms with E-state index in [-0.39, 0.29) is 11.8 Å². The maximum atomic E-state index is 11.5. The smallest absolute Gasteiger partial charge is 0.228 e. The lowest BCUT2D eigenvalue weighted by molar-refractivity contribution is -0.139. The first kappa shape index (κ1) is 8.97. The standard InChI is InChI=1S/C9H15NO3/c1-8(7(12)10-2)3-5-4-9(5,13)6(8)11/h5-6,11,13H,3-4H2,1-2H3,(H,10,12)/t5-,6+,8-,9-/m0/s1. The number of aliphatic hydroxyl groups excluding tert-OH is 1. The van der Waals surface area contributed by atoms with Gasteiger partial charge in [0.2, 0.25) is 5.91 Å². The van der Waals surface area contributed by atoms with Crippen molar-refractivity contribution in [2.24, 2.45) is 11.3 Å². The molecule has 4 heteroatoms. The second-order valence-electron chi connectivity index (χ2n) is 4.50. The van der Waals surface area contributed by atoms with Gasteiger partial charge in [-0.05, 0) is 25.7 Å². The molecule has 74 valence electrons. The third kappa shape index (κ3) is 0.901. The van der Waals surface area contributed by atoms with Crippen LogP contribution in [0.3, 0.4) is 0 Å². The van der Waals surface area contributed by atoms with E-state index >= 15 is 0 Å². The molecule has 0 aliphatic heterocycles. The van der Waals surface area contributed by atoms with Crippen molar-refractivity contribution in [3.05, 3.63) is 0 Å². The summed E-state index contributed by atoms with van der Waals surface area (Å²) in [5, 5.41) is 22.1. The third-order valence-electron chi connectivity index (χ3n) is 3.61. The Morgan fingerprint density at radius 1 is 1.54 bits per heavy atom. The van der Waals surface area contributed by atoms with E-state index in [2.05, 4.69) is 5.32 Å². The first-order chi connectivity index (χ1) is 5.95. The molecule has 2 rings (SSSR count). The van der Waals surface area contributed by atoms with Gasteiger partial charge in [0.05, 0.1) is 17.1 Å². The molecule has 13 heavy (non-hydrogen) atoms. The number of rotatable bonds is 1. The molecular weight excluding hydrogens is 170 g/mol. The fourth-order valence-electron chi connectivity index (χ4n) is 2.60. The number of amides is 1. The van der Waals surface area contributed by atoms with Crippen LogP contribution in [0.2, 0.25) is 0 Å². The zero-order valence-corrected chi connectivity index (χ0v) is 7.87. The molecule has 0 unspecified atom stereocenters. The van der Waals surface area contributed by atoms with Crippen LogP contribution in [0.25, 0.3) is 0 Å². The van der Waals surface area contributed by atoms with Crippen molar-refractivity contribution in [3.63, 3.8) is 0 Å². The molecular formula is C9H15NO3. The summed E-state index contributed by atoms with van der Waals surface area (Å²) < 4.78 is 0. The van der Waals surface area contributed by atoms with Crippen LogP contribution in [0.1, 0.15) is 19.8 Å². The quantitative estimate of drug-likeness (QED) is 0.503. The molecule has 0 radical (unpaired) electrons. The Balaban J connectivity index is 2.23. The van der Waals surface area contributed by atoms with Crippen molar-refractivity contribution in [1.29, 1.82) is 0 Å². The topological polar surface area (TPSA) is 69.6 Å². The Morgan fingerprint density at radius 3 is 2.54 bits per heavy atom. The van der Waals surface area contributed by atoms with Gasteiger partial charge in [-0.15, -0.1) is 0 Å². The lowest BCUT2D eigenvalue weighted by atomic mass is 9.81. The van der Waals surface area contributed by atoms with E-state index in [0.29, 0.717) is 12.8 Å². The summed E-state index contributed by atoms with van der Waals surface area (Å²) in [6.07, 6.45) is 0.315. The molecule has 1 amide bonds. The number of carbonyl (C=O) groups excluding carboxylic acids is 1. The molecule has 2 aliphatic carbocycles. The molecule has 3 N–H and O–H groups in total. The Labute approximate surface area is 76.9 Å². The normalized spacial score (nSPS) is 52.9. The minimum absolute atomic E-state index is 0.116. The highest BCUT2D eigenvalue weighted by Crippen LogP contribution is 2.62. The van der Waals surface area contributed by atoms with Crippen molar-refractivity contribution in [3.8, 4) is 0 Å². The van der Waals surface area contributed by atoms with E-state index in [9.17, 15) is 15.0 Å². The molecule has 2 aliphatic rings. The van der Waals surface area contributed by atoms with Gasteiger partial charge in [-0.3, -0.25) is 4.79 Å². The van der Waals surface area contributed by atoms with Gasteiger partial charge in [0.1, 0.15) is 0 Å². The number of hydrogen-bond donors (Lipinski definition) is 3. The van der Waals surface area contributed by atoms with Crippen LogP contribution in [0, 0.1) is 11.3 Å². The molecule has 0 aromatic heterocycles. The number of aliphatic hydroxyl groups is 2. The van der Waals surface area contributed by atoms with Gasteiger partial charge in [-0.2, -0.15) is 0 Å². The van der Waals surface area contributed by atoms with E-state index in [0.717, 1.165) is 0 Å². The van der Waals surface area contributed by atoms with Crippen molar-refractivity contribution in [2.75, 3.05) is 7.05 Å². The lowest BCUT2D eigenvalue weighted by Crippen LogP contribution is -2.47. The molecule has 4 nitrogen and oxygen atoms in total. The second-order valence-corrected chi connectivity index (χ2v) is 4.50. The van der Waals surface area contributed by atoms with E-state index < -0.39 is 17.1 Å². The van der Waals surface area contributed by atoms with E-state index in [1.807, 2.05) is 0 Å². The van der Waals surface area contributed by atoms with Crippen LogP contribution in [0.5, 0.6) is 0 Å². The fourth-order valence-corrected chi connectivity index (χ4v) is 2.60. The van der Waals surface area contributed by atoms with Gasteiger partial charge in [0, 0.05) is 7.05 Å². The highest BCUT2D eigenvalue weighted by atomic mass is 16.4. The number of hydrogen-bond acceptors (Lipinski definition) is 3. The molecule has 0 bridgehead atoms. The van der Waals surface area contributed by atoms with Gasteiger partial charge >= 0.3 is 0 Å².